The lowest BCUT2D eigenvalue weighted by atomic mass is 9.66. The molecule has 4 N–H and O–H groups in total. The van der Waals surface area contributed by atoms with Gasteiger partial charge in [-0.25, -0.2) is 19.2 Å². The lowest BCUT2D eigenvalue weighted by molar-refractivity contribution is -0.168. The molecule has 1 aliphatic rings. The third-order valence-corrected chi connectivity index (χ3v) is 6.26. The molecule has 208 valence electrons. The summed E-state index contributed by atoms with van der Waals surface area (Å²) >= 11 is 0. The molecular weight excluding hydrogens is 558 g/mol. The van der Waals surface area contributed by atoms with Crippen LogP contribution in [0.15, 0.2) is 48.5 Å². The predicted molar refractivity (Wildman–Crippen MR) is 118 cm³/mol. The summed E-state index contributed by atoms with van der Waals surface area (Å²) < 4.78 is 91.1. The minimum absolute atomic E-state index is 0.311. The van der Waals surface area contributed by atoms with Crippen LogP contribution in [0, 0.1) is 0 Å². The molecule has 1 heterocycles. The van der Waals surface area contributed by atoms with E-state index >= 15 is 13.2 Å². The lowest BCUT2D eigenvalue weighted by Crippen LogP contribution is -2.47. The van der Waals surface area contributed by atoms with E-state index in [4.69, 9.17) is 4.74 Å². The fourth-order valence-electron chi connectivity index (χ4n) is 4.58. The van der Waals surface area contributed by atoms with Gasteiger partial charge in [0.15, 0.2) is 0 Å². The van der Waals surface area contributed by atoms with E-state index in [1.54, 1.807) is 0 Å². The van der Waals surface area contributed by atoms with E-state index in [-0.39, 0.29) is 0 Å². The van der Waals surface area contributed by atoms with Crippen molar-refractivity contribution < 1.29 is 70.7 Å². The number of halogens is 6. The molecule has 0 bridgehead atoms. The molecule has 3 aromatic carbocycles. The van der Waals surface area contributed by atoms with Gasteiger partial charge in [-0.1, -0.05) is 12.1 Å². The summed E-state index contributed by atoms with van der Waals surface area (Å²) in [6.07, 6.45) is -10.5. The number of fused-ring (bicyclic) bond motifs is 2. The maximum atomic E-state index is 15.4. The van der Waals surface area contributed by atoms with E-state index in [0.29, 0.717) is 48.5 Å². The summed E-state index contributed by atoms with van der Waals surface area (Å²) in [5, 5.41) is 38.0. The molecule has 4 rings (SSSR count). The van der Waals surface area contributed by atoms with Gasteiger partial charge in [-0.05, 0) is 42.0 Å². The molecule has 0 saturated carbocycles. The van der Waals surface area contributed by atoms with Crippen molar-refractivity contribution in [2.75, 3.05) is 0 Å². The maximum absolute atomic E-state index is 15.4. The van der Waals surface area contributed by atoms with Crippen LogP contribution in [0.1, 0.15) is 63.7 Å². The lowest BCUT2D eigenvalue weighted by Gasteiger charge is -2.42. The van der Waals surface area contributed by atoms with Gasteiger partial charge in [-0.15, -0.1) is 0 Å². The van der Waals surface area contributed by atoms with Gasteiger partial charge in [-0.3, -0.25) is 0 Å². The number of rotatable bonds is 5. The van der Waals surface area contributed by atoms with Crippen molar-refractivity contribution in [1.29, 1.82) is 0 Å². The SMILES string of the molecule is O=C(O)c1cc2c(cc1C(=O)O)C(c1ccc(C(F)(F)F)cc1)(C(F)(F)F)c1cc(C(=O)O)c(C(=O)O)cc1O2. The van der Waals surface area contributed by atoms with Crippen molar-refractivity contribution in [2.45, 2.75) is 17.8 Å². The summed E-state index contributed by atoms with van der Waals surface area (Å²) in [6.45, 7) is 0. The van der Waals surface area contributed by atoms with Gasteiger partial charge in [0.05, 0.1) is 27.8 Å². The number of alkyl halides is 6. The highest BCUT2D eigenvalue weighted by atomic mass is 19.4. The zero-order valence-electron chi connectivity index (χ0n) is 19.2. The van der Waals surface area contributed by atoms with Crippen molar-refractivity contribution in [1.82, 2.24) is 0 Å². The Morgan fingerprint density at radius 2 is 0.950 bits per heavy atom. The third kappa shape index (κ3) is 4.15. The minimum Gasteiger partial charge on any atom is -0.478 e. The van der Waals surface area contributed by atoms with Crippen LogP contribution in [0.3, 0.4) is 0 Å². The number of ether oxygens (including phenoxy) is 1. The Hall–Kier alpha value is -5.08. The highest BCUT2D eigenvalue weighted by molar-refractivity contribution is 6.04. The monoisotopic (exact) mass is 570 g/mol. The van der Waals surface area contributed by atoms with Crippen molar-refractivity contribution in [3.05, 3.63) is 93.0 Å². The van der Waals surface area contributed by atoms with E-state index < -0.39 is 97.7 Å². The quantitative estimate of drug-likeness (QED) is 0.291. The summed E-state index contributed by atoms with van der Waals surface area (Å²) in [4.78, 5) is 47.0. The number of carboxylic acids is 4. The van der Waals surface area contributed by atoms with Crippen LogP contribution >= 0.6 is 0 Å². The van der Waals surface area contributed by atoms with E-state index in [0.717, 1.165) is 0 Å². The molecule has 0 fully saturated rings. The zero-order chi connectivity index (χ0) is 29.9. The molecule has 0 spiro atoms. The molecule has 0 aromatic heterocycles. The average molecular weight is 570 g/mol. The zero-order valence-corrected chi connectivity index (χ0v) is 19.2. The Labute approximate surface area is 217 Å². The molecule has 0 aliphatic carbocycles. The Bertz CT molecular complexity index is 1520. The van der Waals surface area contributed by atoms with E-state index in [9.17, 15) is 52.8 Å². The Balaban J connectivity index is 2.25. The predicted octanol–water partition coefficient (Wildman–Crippen LogP) is 5.50. The summed E-state index contributed by atoms with van der Waals surface area (Å²) in [5.41, 5.74) is -12.4. The van der Waals surface area contributed by atoms with E-state index in [1.807, 2.05) is 0 Å². The standard InChI is InChI=1S/C25H12F6O9/c26-24(27,28)10-3-1-9(2-4-10)23(25(29,30)31)15-5-11(19(32)33)13(21(36)37)7-17(15)40-18-8-14(22(38)39)12(20(34)35)6-16(18)23/h1-8H,(H,32,33)(H,34,35)(H,36,37)(H,38,39). The van der Waals surface area contributed by atoms with Crippen LogP contribution in [-0.4, -0.2) is 50.5 Å². The average Bonchev–Trinajstić information content (AvgIpc) is 2.84. The van der Waals surface area contributed by atoms with Crippen LogP contribution in [0.5, 0.6) is 11.5 Å². The topological polar surface area (TPSA) is 158 Å². The number of hydrogen-bond acceptors (Lipinski definition) is 5. The number of carbonyl (C=O) groups is 4. The Kier molecular flexibility index (Phi) is 6.28. The van der Waals surface area contributed by atoms with Crippen LogP contribution < -0.4 is 4.74 Å². The van der Waals surface area contributed by atoms with Gasteiger partial charge in [-0.2, -0.15) is 26.3 Å². The first-order valence-electron chi connectivity index (χ1n) is 10.6. The summed E-state index contributed by atoms with van der Waals surface area (Å²) in [5.74, 6) is -9.52. The third-order valence-electron chi connectivity index (χ3n) is 6.26. The van der Waals surface area contributed by atoms with Gasteiger partial charge in [0.2, 0.25) is 0 Å². The van der Waals surface area contributed by atoms with Crippen LogP contribution in [0.25, 0.3) is 0 Å². The van der Waals surface area contributed by atoms with Gasteiger partial charge in [0.1, 0.15) is 16.9 Å². The van der Waals surface area contributed by atoms with Crippen molar-refractivity contribution in [3.8, 4) is 11.5 Å². The van der Waals surface area contributed by atoms with Gasteiger partial charge >= 0.3 is 36.2 Å². The molecule has 0 amide bonds. The largest absolute Gasteiger partial charge is 0.478 e. The first-order chi connectivity index (χ1) is 18.4. The van der Waals surface area contributed by atoms with Crippen molar-refractivity contribution >= 4 is 23.9 Å². The van der Waals surface area contributed by atoms with E-state index in [1.165, 1.54) is 0 Å². The highest BCUT2D eigenvalue weighted by Crippen LogP contribution is 2.60. The number of benzene rings is 3. The second-order valence-corrected chi connectivity index (χ2v) is 8.43. The van der Waals surface area contributed by atoms with Crippen LogP contribution in [0.2, 0.25) is 0 Å². The smallest absolute Gasteiger partial charge is 0.416 e. The molecule has 0 radical (unpaired) electrons. The fraction of sp³-hybridized carbons (Fsp3) is 0.120. The molecular formula is C25H12F6O9. The van der Waals surface area contributed by atoms with E-state index in [2.05, 4.69) is 0 Å². The molecule has 0 atom stereocenters. The van der Waals surface area contributed by atoms with Crippen LogP contribution in [0.4, 0.5) is 26.3 Å². The van der Waals surface area contributed by atoms with Gasteiger partial charge < -0.3 is 25.2 Å². The molecule has 9 nitrogen and oxygen atoms in total. The molecule has 40 heavy (non-hydrogen) atoms. The Morgan fingerprint density at radius 3 is 1.25 bits per heavy atom. The van der Waals surface area contributed by atoms with Gasteiger partial charge in [0.25, 0.3) is 0 Å². The van der Waals surface area contributed by atoms with Crippen LogP contribution in [-0.2, 0) is 11.6 Å². The summed E-state index contributed by atoms with van der Waals surface area (Å²) in [6, 6.07) is 3.02. The molecule has 0 unspecified atom stereocenters. The highest BCUT2D eigenvalue weighted by Gasteiger charge is 2.63. The minimum atomic E-state index is -5.58. The molecule has 0 saturated heterocycles. The second-order valence-electron chi connectivity index (χ2n) is 8.43. The van der Waals surface area contributed by atoms with Crippen molar-refractivity contribution in [2.24, 2.45) is 0 Å². The Morgan fingerprint density at radius 1 is 0.600 bits per heavy atom. The fourth-order valence-corrected chi connectivity index (χ4v) is 4.58. The first kappa shape index (κ1) is 27.9. The first-order valence-corrected chi connectivity index (χ1v) is 10.6. The molecule has 3 aromatic rings. The number of hydrogen-bond donors (Lipinski definition) is 4. The number of carboxylic acid groups (broad SMARTS) is 4. The molecule has 1 aliphatic heterocycles. The van der Waals surface area contributed by atoms with Gasteiger partial charge in [0, 0.05) is 11.1 Å². The maximum Gasteiger partial charge on any atom is 0.416 e. The molecule has 15 heteroatoms. The second kappa shape index (κ2) is 9.00. The normalized spacial score (nSPS) is 13.9. The number of aromatic carboxylic acids is 4. The van der Waals surface area contributed by atoms with Crippen molar-refractivity contribution in [3.63, 3.8) is 0 Å². The summed E-state index contributed by atoms with van der Waals surface area (Å²) in [7, 11) is 0.